The molecule has 4 nitrogen and oxygen atoms in total. The molecule has 154 valence electrons. The summed E-state index contributed by atoms with van der Waals surface area (Å²) >= 11 is 3.63. The van der Waals surface area contributed by atoms with Crippen molar-refractivity contribution in [1.82, 2.24) is 9.97 Å². The number of aromatic nitrogens is 2. The summed E-state index contributed by atoms with van der Waals surface area (Å²) in [4.78, 5) is 7.32. The SMILES string of the molecule is CC(C)(C)c1ccccc1Oc1nc(F)ccc1Nc1nc(C(F)(F)F)c(Br)s1. The van der Waals surface area contributed by atoms with Gasteiger partial charge in [0.2, 0.25) is 11.8 Å². The van der Waals surface area contributed by atoms with E-state index >= 15 is 0 Å². The number of hydrogen-bond acceptors (Lipinski definition) is 5. The Morgan fingerprint density at radius 3 is 2.34 bits per heavy atom. The fraction of sp³-hybridized carbons (Fsp3) is 0.263. The van der Waals surface area contributed by atoms with Gasteiger partial charge in [-0.25, -0.2) is 4.98 Å². The van der Waals surface area contributed by atoms with Crippen LogP contribution in [-0.4, -0.2) is 9.97 Å². The number of para-hydroxylation sites is 1. The van der Waals surface area contributed by atoms with Crippen molar-refractivity contribution in [2.75, 3.05) is 5.32 Å². The molecule has 0 saturated heterocycles. The number of halogens is 5. The van der Waals surface area contributed by atoms with Gasteiger partial charge in [0, 0.05) is 5.56 Å². The molecule has 3 rings (SSSR count). The second-order valence-corrected chi connectivity index (χ2v) is 9.42. The number of nitrogens with one attached hydrogen (secondary N) is 1. The summed E-state index contributed by atoms with van der Waals surface area (Å²) in [5.74, 6) is -0.422. The third-order valence-corrected chi connectivity index (χ3v) is 5.44. The zero-order valence-electron chi connectivity index (χ0n) is 15.6. The number of nitrogens with zero attached hydrogens (tertiary/aromatic N) is 2. The van der Waals surface area contributed by atoms with E-state index in [2.05, 4.69) is 31.2 Å². The highest BCUT2D eigenvalue weighted by Gasteiger charge is 2.37. The van der Waals surface area contributed by atoms with Gasteiger partial charge in [-0.3, -0.25) is 0 Å². The van der Waals surface area contributed by atoms with Crippen LogP contribution in [0.4, 0.5) is 28.4 Å². The highest BCUT2D eigenvalue weighted by molar-refractivity contribution is 9.11. The Hall–Kier alpha value is -2.20. The zero-order chi connectivity index (χ0) is 21.4. The van der Waals surface area contributed by atoms with E-state index in [1.807, 2.05) is 32.9 Å². The van der Waals surface area contributed by atoms with Gasteiger partial charge in [0.05, 0.1) is 0 Å². The van der Waals surface area contributed by atoms with Crippen molar-refractivity contribution >= 4 is 38.1 Å². The molecule has 1 aromatic carbocycles. The van der Waals surface area contributed by atoms with Crippen LogP contribution in [0.15, 0.2) is 40.2 Å². The first-order valence-corrected chi connectivity index (χ1v) is 10.0. The summed E-state index contributed by atoms with van der Waals surface area (Å²) in [5.41, 5.74) is -0.238. The van der Waals surface area contributed by atoms with Crippen molar-refractivity contribution in [2.24, 2.45) is 0 Å². The quantitative estimate of drug-likeness (QED) is 0.308. The standard InChI is InChI=1S/C19H16BrF4N3OS/c1-18(2,3)10-6-4-5-7-12(10)28-16-11(8-9-13(21)26-16)25-17-27-14(15(20)29-17)19(22,23)24/h4-9H,1-3H3,(H,25,27). The molecule has 0 spiro atoms. The predicted molar refractivity (Wildman–Crippen MR) is 108 cm³/mol. The summed E-state index contributed by atoms with van der Waals surface area (Å²) in [7, 11) is 0. The molecule has 0 fully saturated rings. The molecule has 0 bridgehead atoms. The number of rotatable bonds is 4. The number of thiazole rings is 1. The summed E-state index contributed by atoms with van der Waals surface area (Å²) in [6, 6.07) is 9.65. The predicted octanol–water partition coefficient (Wildman–Crippen LogP) is 7.29. The maximum Gasteiger partial charge on any atom is 0.435 e. The number of benzene rings is 1. The fourth-order valence-corrected chi connectivity index (χ4v) is 4.01. The molecule has 0 aliphatic carbocycles. The van der Waals surface area contributed by atoms with Gasteiger partial charge in [-0.15, -0.1) is 0 Å². The Kier molecular flexibility index (Phi) is 5.86. The number of anilines is 2. The van der Waals surface area contributed by atoms with Gasteiger partial charge >= 0.3 is 6.18 Å². The Morgan fingerprint density at radius 1 is 1.03 bits per heavy atom. The molecule has 0 amide bonds. The largest absolute Gasteiger partial charge is 0.437 e. The number of alkyl halides is 3. The molecular weight excluding hydrogens is 474 g/mol. The van der Waals surface area contributed by atoms with Crippen LogP contribution in [0, 0.1) is 5.95 Å². The van der Waals surface area contributed by atoms with Gasteiger partial charge in [0.15, 0.2) is 10.8 Å². The third-order valence-electron chi connectivity index (χ3n) is 3.82. The number of pyridine rings is 1. The molecule has 1 N–H and O–H groups in total. The van der Waals surface area contributed by atoms with Crippen molar-refractivity contribution < 1.29 is 22.3 Å². The van der Waals surface area contributed by atoms with Crippen molar-refractivity contribution in [3.05, 3.63) is 57.4 Å². The molecule has 10 heteroatoms. The van der Waals surface area contributed by atoms with E-state index in [4.69, 9.17) is 4.74 Å². The zero-order valence-corrected chi connectivity index (χ0v) is 18.0. The van der Waals surface area contributed by atoms with E-state index in [1.54, 1.807) is 12.1 Å². The van der Waals surface area contributed by atoms with Gasteiger partial charge in [0.1, 0.15) is 15.2 Å². The van der Waals surface area contributed by atoms with Crippen LogP contribution in [-0.2, 0) is 11.6 Å². The van der Waals surface area contributed by atoms with Gasteiger partial charge in [-0.2, -0.15) is 22.5 Å². The first kappa shape index (κ1) is 21.5. The summed E-state index contributed by atoms with van der Waals surface area (Å²) in [6.07, 6.45) is -4.60. The minimum atomic E-state index is -4.60. The molecule has 2 heterocycles. The Bertz CT molecular complexity index is 1030. The Balaban J connectivity index is 1.97. The third kappa shape index (κ3) is 5.05. The molecule has 29 heavy (non-hydrogen) atoms. The van der Waals surface area contributed by atoms with E-state index in [0.29, 0.717) is 5.75 Å². The minimum Gasteiger partial charge on any atom is -0.437 e. The Morgan fingerprint density at radius 2 is 1.72 bits per heavy atom. The van der Waals surface area contributed by atoms with Gasteiger partial charge < -0.3 is 10.1 Å². The molecule has 0 radical (unpaired) electrons. The molecule has 0 unspecified atom stereocenters. The van der Waals surface area contributed by atoms with Gasteiger partial charge in [-0.05, 0) is 39.5 Å². The topological polar surface area (TPSA) is 47.0 Å². The van der Waals surface area contributed by atoms with Crippen LogP contribution in [0.2, 0.25) is 0 Å². The van der Waals surface area contributed by atoms with Crippen LogP contribution in [0.3, 0.4) is 0 Å². The van der Waals surface area contributed by atoms with E-state index in [-0.39, 0.29) is 25.9 Å². The van der Waals surface area contributed by atoms with Gasteiger partial charge in [-0.1, -0.05) is 50.3 Å². The molecule has 0 saturated carbocycles. The normalized spacial score (nSPS) is 12.1. The van der Waals surface area contributed by atoms with E-state index < -0.39 is 17.8 Å². The minimum absolute atomic E-state index is 0.0356. The fourth-order valence-electron chi connectivity index (χ4n) is 2.52. The highest BCUT2D eigenvalue weighted by Crippen LogP contribution is 2.41. The van der Waals surface area contributed by atoms with Crippen molar-refractivity contribution in [1.29, 1.82) is 0 Å². The molecular formula is C19H16BrF4N3OS. The summed E-state index contributed by atoms with van der Waals surface area (Å²) in [6.45, 7) is 6.00. The second-order valence-electron chi connectivity index (χ2n) is 7.10. The van der Waals surface area contributed by atoms with Crippen LogP contribution in [0.25, 0.3) is 0 Å². The summed E-state index contributed by atoms with van der Waals surface area (Å²) in [5, 5.41) is 2.70. The average molecular weight is 490 g/mol. The lowest BCUT2D eigenvalue weighted by Gasteiger charge is -2.22. The summed E-state index contributed by atoms with van der Waals surface area (Å²) < 4.78 is 58.4. The van der Waals surface area contributed by atoms with E-state index in [0.717, 1.165) is 23.0 Å². The molecule has 0 aliphatic heterocycles. The monoisotopic (exact) mass is 489 g/mol. The van der Waals surface area contributed by atoms with Crippen LogP contribution >= 0.6 is 27.3 Å². The smallest absolute Gasteiger partial charge is 0.435 e. The van der Waals surface area contributed by atoms with E-state index in [9.17, 15) is 17.6 Å². The van der Waals surface area contributed by atoms with Crippen molar-refractivity contribution in [3.8, 4) is 11.6 Å². The first-order chi connectivity index (χ1) is 13.4. The first-order valence-electron chi connectivity index (χ1n) is 8.39. The van der Waals surface area contributed by atoms with E-state index in [1.165, 1.54) is 6.07 Å². The maximum atomic E-state index is 13.8. The maximum absolute atomic E-state index is 13.8. The second kappa shape index (κ2) is 7.91. The lowest BCUT2D eigenvalue weighted by atomic mass is 9.86. The van der Waals surface area contributed by atoms with Crippen molar-refractivity contribution in [2.45, 2.75) is 32.4 Å². The van der Waals surface area contributed by atoms with Crippen molar-refractivity contribution in [3.63, 3.8) is 0 Å². The molecule has 3 aromatic rings. The number of hydrogen-bond donors (Lipinski definition) is 1. The number of ether oxygens (including phenoxy) is 1. The lowest BCUT2D eigenvalue weighted by molar-refractivity contribution is -0.141. The van der Waals surface area contributed by atoms with Crippen LogP contribution in [0.5, 0.6) is 11.6 Å². The highest BCUT2D eigenvalue weighted by atomic mass is 79.9. The van der Waals surface area contributed by atoms with Gasteiger partial charge in [0.25, 0.3) is 0 Å². The molecule has 2 aromatic heterocycles. The molecule has 0 atom stereocenters. The average Bonchev–Trinajstić information content (AvgIpc) is 2.97. The lowest BCUT2D eigenvalue weighted by Crippen LogP contribution is -2.12. The molecule has 0 aliphatic rings. The Labute approximate surface area is 177 Å². The van der Waals surface area contributed by atoms with Crippen LogP contribution < -0.4 is 10.1 Å². The van der Waals surface area contributed by atoms with Crippen LogP contribution in [0.1, 0.15) is 32.0 Å².